The molecule has 1 saturated heterocycles. The second-order valence-electron chi connectivity index (χ2n) is 3.92. The van der Waals surface area contributed by atoms with Gasteiger partial charge in [0.1, 0.15) is 0 Å². The molecule has 0 aromatic carbocycles. The highest BCUT2D eigenvalue weighted by Gasteiger charge is 2.18. The van der Waals surface area contributed by atoms with Crippen molar-refractivity contribution in [2.75, 3.05) is 19.8 Å². The summed E-state index contributed by atoms with van der Waals surface area (Å²) in [7, 11) is 0. The van der Waals surface area contributed by atoms with Gasteiger partial charge in [-0.05, 0) is 12.1 Å². The molecule has 0 saturated carbocycles. The van der Waals surface area contributed by atoms with Crippen molar-refractivity contribution in [2.45, 2.75) is 12.5 Å². The molecular weight excluding hydrogens is 222 g/mol. The SMILES string of the molecule is c1coc(-c2noc(CC3COCCN3)n2)c1. The van der Waals surface area contributed by atoms with Gasteiger partial charge in [-0.25, -0.2) is 0 Å². The van der Waals surface area contributed by atoms with E-state index in [9.17, 15) is 0 Å². The first-order chi connectivity index (χ1) is 8.42. The highest BCUT2D eigenvalue weighted by molar-refractivity contribution is 5.44. The third-order valence-corrected chi connectivity index (χ3v) is 2.63. The monoisotopic (exact) mass is 235 g/mol. The van der Waals surface area contributed by atoms with Gasteiger partial charge < -0.3 is 19.0 Å². The fraction of sp³-hybridized carbons (Fsp3) is 0.455. The maximum absolute atomic E-state index is 5.36. The Kier molecular flexibility index (Phi) is 2.89. The molecule has 6 heteroatoms. The summed E-state index contributed by atoms with van der Waals surface area (Å²) in [6.07, 6.45) is 2.26. The first-order valence-corrected chi connectivity index (χ1v) is 5.59. The average molecular weight is 235 g/mol. The minimum Gasteiger partial charge on any atom is -0.461 e. The number of hydrogen-bond donors (Lipinski definition) is 1. The number of furan rings is 1. The maximum atomic E-state index is 5.36. The quantitative estimate of drug-likeness (QED) is 0.850. The summed E-state index contributed by atoms with van der Waals surface area (Å²) < 4.78 is 15.7. The van der Waals surface area contributed by atoms with E-state index in [0.29, 0.717) is 30.5 Å². The van der Waals surface area contributed by atoms with E-state index in [0.717, 1.165) is 13.2 Å². The van der Waals surface area contributed by atoms with E-state index in [1.807, 2.05) is 0 Å². The molecule has 1 atom stereocenters. The third kappa shape index (κ3) is 2.37. The lowest BCUT2D eigenvalue weighted by atomic mass is 10.2. The van der Waals surface area contributed by atoms with Gasteiger partial charge in [0.05, 0.1) is 19.5 Å². The summed E-state index contributed by atoms with van der Waals surface area (Å²) in [5.41, 5.74) is 0. The van der Waals surface area contributed by atoms with Gasteiger partial charge in [-0.2, -0.15) is 4.98 Å². The van der Waals surface area contributed by atoms with E-state index in [1.165, 1.54) is 0 Å². The molecule has 1 unspecified atom stereocenters. The Labute approximate surface area is 98.0 Å². The Bertz CT molecular complexity index is 460. The molecule has 6 nitrogen and oxygen atoms in total. The Morgan fingerprint density at radius 1 is 1.47 bits per heavy atom. The molecular formula is C11H13N3O3. The van der Waals surface area contributed by atoms with Crippen molar-refractivity contribution in [3.05, 3.63) is 24.3 Å². The smallest absolute Gasteiger partial charge is 0.238 e. The third-order valence-electron chi connectivity index (χ3n) is 2.63. The molecule has 0 aliphatic carbocycles. The van der Waals surface area contributed by atoms with Crippen LogP contribution < -0.4 is 5.32 Å². The first-order valence-electron chi connectivity index (χ1n) is 5.59. The molecule has 2 aromatic rings. The average Bonchev–Trinajstić information content (AvgIpc) is 3.00. The topological polar surface area (TPSA) is 73.3 Å². The summed E-state index contributed by atoms with van der Waals surface area (Å²) in [6.45, 7) is 2.31. The molecule has 3 heterocycles. The van der Waals surface area contributed by atoms with Crippen molar-refractivity contribution >= 4 is 0 Å². The molecule has 0 radical (unpaired) electrons. The van der Waals surface area contributed by atoms with E-state index in [-0.39, 0.29) is 6.04 Å². The zero-order valence-corrected chi connectivity index (χ0v) is 9.26. The molecule has 90 valence electrons. The lowest BCUT2D eigenvalue weighted by Crippen LogP contribution is -2.42. The van der Waals surface area contributed by atoms with Crippen LogP contribution in [0.4, 0.5) is 0 Å². The van der Waals surface area contributed by atoms with Gasteiger partial charge in [0, 0.05) is 19.0 Å². The van der Waals surface area contributed by atoms with Gasteiger partial charge in [0.25, 0.3) is 0 Å². The predicted octanol–water partition coefficient (Wildman–Crippen LogP) is 0.860. The summed E-state index contributed by atoms with van der Waals surface area (Å²) >= 11 is 0. The van der Waals surface area contributed by atoms with E-state index in [4.69, 9.17) is 13.7 Å². The van der Waals surface area contributed by atoms with Gasteiger partial charge in [-0.3, -0.25) is 0 Å². The molecule has 1 aliphatic heterocycles. The van der Waals surface area contributed by atoms with E-state index < -0.39 is 0 Å². The van der Waals surface area contributed by atoms with Gasteiger partial charge in [0.2, 0.25) is 11.7 Å². The van der Waals surface area contributed by atoms with E-state index >= 15 is 0 Å². The van der Waals surface area contributed by atoms with Crippen molar-refractivity contribution in [3.63, 3.8) is 0 Å². The number of aromatic nitrogens is 2. The lowest BCUT2D eigenvalue weighted by Gasteiger charge is -2.22. The second-order valence-corrected chi connectivity index (χ2v) is 3.92. The van der Waals surface area contributed by atoms with Gasteiger partial charge >= 0.3 is 0 Å². The largest absolute Gasteiger partial charge is 0.461 e. The zero-order valence-electron chi connectivity index (χ0n) is 9.26. The fourth-order valence-electron chi connectivity index (χ4n) is 1.81. The summed E-state index contributed by atoms with van der Waals surface area (Å²) in [5.74, 6) is 1.70. The van der Waals surface area contributed by atoms with Crippen molar-refractivity contribution in [1.29, 1.82) is 0 Å². The number of nitrogens with zero attached hydrogens (tertiary/aromatic N) is 2. The van der Waals surface area contributed by atoms with Crippen LogP contribution in [0.5, 0.6) is 0 Å². The normalized spacial score (nSPS) is 20.6. The molecule has 1 N–H and O–H groups in total. The predicted molar refractivity (Wildman–Crippen MR) is 58.3 cm³/mol. The van der Waals surface area contributed by atoms with E-state index in [2.05, 4.69) is 15.5 Å². The summed E-state index contributed by atoms with van der Waals surface area (Å²) in [5, 5.41) is 7.21. The van der Waals surface area contributed by atoms with Crippen LogP contribution in [0.3, 0.4) is 0 Å². The fourth-order valence-corrected chi connectivity index (χ4v) is 1.81. The number of rotatable bonds is 3. The van der Waals surface area contributed by atoms with Crippen molar-refractivity contribution in [2.24, 2.45) is 0 Å². The second kappa shape index (κ2) is 4.68. The van der Waals surface area contributed by atoms with Crippen LogP contribution in [0.2, 0.25) is 0 Å². The number of nitrogens with one attached hydrogen (secondary N) is 1. The highest BCUT2D eigenvalue weighted by atomic mass is 16.5. The summed E-state index contributed by atoms with van der Waals surface area (Å²) in [6, 6.07) is 3.84. The first kappa shape index (κ1) is 10.5. The molecule has 2 aromatic heterocycles. The van der Waals surface area contributed by atoms with Crippen molar-refractivity contribution in [1.82, 2.24) is 15.5 Å². The van der Waals surface area contributed by atoms with Crippen molar-refractivity contribution in [3.8, 4) is 11.6 Å². The van der Waals surface area contributed by atoms with E-state index in [1.54, 1.807) is 18.4 Å². The Hall–Kier alpha value is -1.66. The minimum absolute atomic E-state index is 0.244. The van der Waals surface area contributed by atoms with Crippen LogP contribution in [0, 0.1) is 0 Å². The molecule has 3 rings (SSSR count). The maximum Gasteiger partial charge on any atom is 0.238 e. The summed E-state index contributed by atoms with van der Waals surface area (Å²) in [4.78, 5) is 4.28. The molecule has 0 bridgehead atoms. The molecule has 1 aliphatic rings. The van der Waals surface area contributed by atoms with Gasteiger partial charge in [-0.1, -0.05) is 5.16 Å². The molecule has 17 heavy (non-hydrogen) atoms. The Morgan fingerprint density at radius 2 is 2.47 bits per heavy atom. The van der Waals surface area contributed by atoms with Crippen LogP contribution in [0.1, 0.15) is 5.89 Å². The molecule has 0 spiro atoms. The van der Waals surface area contributed by atoms with Gasteiger partial charge in [-0.15, -0.1) is 0 Å². The lowest BCUT2D eigenvalue weighted by molar-refractivity contribution is 0.0744. The Morgan fingerprint density at radius 3 is 3.24 bits per heavy atom. The van der Waals surface area contributed by atoms with Crippen LogP contribution in [0.15, 0.2) is 27.3 Å². The van der Waals surface area contributed by atoms with Gasteiger partial charge in [0.15, 0.2) is 5.76 Å². The van der Waals surface area contributed by atoms with Crippen LogP contribution in [0.25, 0.3) is 11.6 Å². The number of ether oxygens (including phenoxy) is 1. The molecule has 1 fully saturated rings. The molecule has 0 amide bonds. The minimum atomic E-state index is 0.244. The highest BCUT2D eigenvalue weighted by Crippen LogP contribution is 2.16. The Balaban J connectivity index is 1.68. The van der Waals surface area contributed by atoms with Crippen LogP contribution >= 0.6 is 0 Å². The van der Waals surface area contributed by atoms with Crippen molar-refractivity contribution < 1.29 is 13.7 Å². The zero-order chi connectivity index (χ0) is 11.5. The number of morpholine rings is 1. The number of hydrogen-bond acceptors (Lipinski definition) is 6. The standard InChI is InChI=1S/C11H13N3O3/c1-2-9(16-4-1)11-13-10(17-14-11)6-8-7-15-5-3-12-8/h1-2,4,8,12H,3,5-7H2. The van der Waals surface area contributed by atoms with Crippen LogP contribution in [-0.2, 0) is 11.2 Å². The van der Waals surface area contributed by atoms with Crippen LogP contribution in [-0.4, -0.2) is 35.9 Å².